The normalized spacial score (nSPS) is 30.5. The maximum Gasteiger partial charge on any atom is 0.253 e. The first kappa shape index (κ1) is 22.7. The van der Waals surface area contributed by atoms with Crippen LogP contribution < -0.4 is 16.0 Å². The summed E-state index contributed by atoms with van der Waals surface area (Å²) in [5.41, 5.74) is 3.15. The van der Waals surface area contributed by atoms with E-state index in [1.165, 1.54) is 44.3 Å². The third-order valence-corrected chi connectivity index (χ3v) is 7.32. The van der Waals surface area contributed by atoms with Crippen molar-refractivity contribution in [2.75, 3.05) is 38.0 Å². The predicted octanol–water partition coefficient (Wildman–Crippen LogP) is 3.08. The van der Waals surface area contributed by atoms with Gasteiger partial charge in [0.05, 0.1) is 11.3 Å². The lowest BCUT2D eigenvalue weighted by Gasteiger charge is -2.55. The molecule has 29 heavy (non-hydrogen) atoms. The van der Waals surface area contributed by atoms with Gasteiger partial charge in [0.15, 0.2) is 0 Å². The number of anilines is 1. The summed E-state index contributed by atoms with van der Waals surface area (Å²) in [6.07, 6.45) is 7.55. The summed E-state index contributed by atoms with van der Waals surface area (Å²) in [7, 11) is 0. The fraction of sp³-hybridized carbons (Fsp3) is 0.682. The molecule has 0 radical (unpaired) electrons. The molecule has 0 aromatic heterocycles. The number of carbonyl (C=O) groups is 1. The van der Waals surface area contributed by atoms with Gasteiger partial charge in [-0.05, 0) is 75.2 Å². The number of amides is 1. The van der Waals surface area contributed by atoms with Gasteiger partial charge in [-0.2, -0.15) is 0 Å². The van der Waals surface area contributed by atoms with Gasteiger partial charge in [0.25, 0.3) is 5.91 Å². The minimum absolute atomic E-state index is 0. The van der Waals surface area contributed by atoms with Crippen LogP contribution in [0, 0.1) is 11.8 Å². The Kier molecular flexibility index (Phi) is 7.71. The first-order valence-electron chi connectivity index (χ1n) is 10.9. The zero-order valence-corrected chi connectivity index (χ0v) is 18.6. The Morgan fingerprint density at radius 2 is 2.00 bits per heavy atom. The van der Waals surface area contributed by atoms with Crippen LogP contribution in [0.3, 0.4) is 0 Å². The van der Waals surface area contributed by atoms with Crippen LogP contribution in [0.25, 0.3) is 0 Å². The van der Waals surface area contributed by atoms with Gasteiger partial charge in [-0.15, -0.1) is 24.8 Å². The third-order valence-electron chi connectivity index (χ3n) is 7.32. The summed E-state index contributed by atoms with van der Waals surface area (Å²) in [4.78, 5) is 15.8. The lowest BCUT2D eigenvalue weighted by atomic mass is 9.73. The molecule has 1 amide bonds. The summed E-state index contributed by atoms with van der Waals surface area (Å²) < 4.78 is 0. The van der Waals surface area contributed by atoms with E-state index in [1.54, 1.807) is 0 Å². The Morgan fingerprint density at radius 3 is 2.90 bits per heavy atom. The van der Waals surface area contributed by atoms with E-state index in [9.17, 15) is 4.79 Å². The van der Waals surface area contributed by atoms with Crippen molar-refractivity contribution >= 4 is 36.4 Å². The molecule has 5 nitrogen and oxygen atoms in total. The van der Waals surface area contributed by atoms with Crippen LogP contribution in [-0.4, -0.2) is 55.6 Å². The first-order chi connectivity index (χ1) is 13.3. The van der Waals surface area contributed by atoms with Gasteiger partial charge in [0, 0.05) is 25.2 Å². The second-order valence-corrected chi connectivity index (χ2v) is 8.86. The quantitative estimate of drug-likeness (QED) is 0.675. The number of hydrogen-bond donors (Lipinski definition) is 3. The molecule has 0 spiro atoms. The Hall–Kier alpha value is -1.01. The molecule has 3 saturated heterocycles. The van der Waals surface area contributed by atoms with Gasteiger partial charge < -0.3 is 16.0 Å². The number of halogens is 2. The number of piperidine rings is 3. The molecule has 4 aliphatic heterocycles. The molecule has 4 atom stereocenters. The van der Waals surface area contributed by atoms with Gasteiger partial charge >= 0.3 is 0 Å². The molecule has 0 aliphatic carbocycles. The number of fused-ring (bicyclic) bond motifs is 5. The molecule has 1 aromatic carbocycles. The van der Waals surface area contributed by atoms with E-state index >= 15 is 0 Å². The van der Waals surface area contributed by atoms with Crippen molar-refractivity contribution in [1.82, 2.24) is 15.5 Å². The van der Waals surface area contributed by atoms with Crippen LogP contribution in [0.1, 0.15) is 48.0 Å². The Labute approximate surface area is 186 Å². The number of aryl methyl sites for hydroxylation is 1. The molecule has 3 fully saturated rings. The fourth-order valence-electron chi connectivity index (χ4n) is 6.04. The van der Waals surface area contributed by atoms with Crippen LogP contribution in [0.2, 0.25) is 0 Å². The molecular formula is C22H34Cl2N4O. The van der Waals surface area contributed by atoms with Gasteiger partial charge in [-0.3, -0.25) is 9.69 Å². The second kappa shape index (κ2) is 9.86. The van der Waals surface area contributed by atoms with Crippen LogP contribution in [0.15, 0.2) is 18.2 Å². The minimum atomic E-state index is 0. The molecule has 4 heterocycles. The smallest absolute Gasteiger partial charge is 0.253 e. The van der Waals surface area contributed by atoms with E-state index in [4.69, 9.17) is 0 Å². The van der Waals surface area contributed by atoms with Gasteiger partial charge in [0.2, 0.25) is 0 Å². The predicted molar refractivity (Wildman–Crippen MR) is 123 cm³/mol. The highest BCUT2D eigenvalue weighted by atomic mass is 35.5. The van der Waals surface area contributed by atoms with E-state index in [0.717, 1.165) is 55.7 Å². The minimum Gasteiger partial charge on any atom is -0.384 e. The monoisotopic (exact) mass is 440 g/mol. The molecule has 0 saturated carbocycles. The number of nitrogens with one attached hydrogen (secondary N) is 3. The van der Waals surface area contributed by atoms with Crippen molar-refractivity contribution < 1.29 is 4.79 Å². The van der Waals surface area contributed by atoms with Gasteiger partial charge in [-0.25, -0.2) is 0 Å². The van der Waals surface area contributed by atoms with Crippen LogP contribution in [-0.2, 0) is 6.42 Å². The van der Waals surface area contributed by atoms with Crippen molar-refractivity contribution in [3.63, 3.8) is 0 Å². The summed E-state index contributed by atoms with van der Waals surface area (Å²) in [5, 5.41) is 10.4. The molecule has 4 aliphatic rings. The molecule has 5 rings (SSSR count). The second-order valence-electron chi connectivity index (χ2n) is 8.86. The number of nitrogens with zero attached hydrogens (tertiary/aromatic N) is 1. The maximum absolute atomic E-state index is 13.0. The molecule has 0 unspecified atom stereocenters. The number of carbonyl (C=O) groups excluding carboxylic acids is 1. The largest absolute Gasteiger partial charge is 0.384 e. The highest BCUT2D eigenvalue weighted by molar-refractivity contribution is 6.00. The van der Waals surface area contributed by atoms with Crippen molar-refractivity contribution in [2.45, 2.75) is 50.6 Å². The summed E-state index contributed by atoms with van der Waals surface area (Å²) in [5.74, 6) is 1.56. The van der Waals surface area contributed by atoms with E-state index in [-0.39, 0.29) is 30.7 Å². The van der Waals surface area contributed by atoms with Crippen molar-refractivity contribution in [3.8, 4) is 0 Å². The SMILES string of the molecule is Cl.Cl.O=C(NC[C@H]1[C@@H]2CNC[C@@H](C2)[C@@H]2CCCCN21)c1cccc2c1NCCC2. The van der Waals surface area contributed by atoms with Crippen LogP contribution in [0.4, 0.5) is 5.69 Å². The average molecular weight is 441 g/mol. The highest BCUT2D eigenvalue weighted by Crippen LogP contribution is 2.38. The van der Waals surface area contributed by atoms with E-state index in [1.807, 2.05) is 12.1 Å². The molecule has 2 bridgehead atoms. The average Bonchev–Trinajstić information content (AvgIpc) is 2.73. The van der Waals surface area contributed by atoms with Crippen molar-refractivity contribution in [1.29, 1.82) is 0 Å². The van der Waals surface area contributed by atoms with Crippen molar-refractivity contribution in [2.24, 2.45) is 11.8 Å². The summed E-state index contributed by atoms with van der Waals surface area (Å²) in [6.45, 7) is 5.23. The molecule has 1 aromatic rings. The summed E-state index contributed by atoms with van der Waals surface area (Å²) >= 11 is 0. The maximum atomic E-state index is 13.0. The lowest BCUT2D eigenvalue weighted by molar-refractivity contribution is -0.0371. The Morgan fingerprint density at radius 1 is 1.14 bits per heavy atom. The Bertz CT molecular complexity index is 716. The van der Waals surface area contributed by atoms with Gasteiger partial charge in [0.1, 0.15) is 0 Å². The number of hydrogen-bond acceptors (Lipinski definition) is 4. The fourth-order valence-corrected chi connectivity index (χ4v) is 6.04. The number of para-hydroxylation sites is 1. The van der Waals surface area contributed by atoms with Crippen LogP contribution in [0.5, 0.6) is 0 Å². The topological polar surface area (TPSA) is 56.4 Å². The molecule has 7 heteroatoms. The molecule has 3 N–H and O–H groups in total. The highest BCUT2D eigenvalue weighted by Gasteiger charge is 2.45. The number of rotatable bonds is 3. The lowest BCUT2D eigenvalue weighted by Crippen LogP contribution is -2.65. The third kappa shape index (κ3) is 4.39. The van der Waals surface area contributed by atoms with Crippen molar-refractivity contribution in [3.05, 3.63) is 29.3 Å². The molecular weight excluding hydrogens is 407 g/mol. The van der Waals surface area contributed by atoms with E-state index in [2.05, 4.69) is 26.9 Å². The van der Waals surface area contributed by atoms with Crippen LogP contribution >= 0.6 is 24.8 Å². The standard InChI is InChI=1S/C22H32N4O.2ClH/c27-22(18-7-3-5-15-6-4-9-24-21(15)18)25-14-20-17-11-16(12-23-13-17)19-8-1-2-10-26(19)20;;/h3,5,7,16-17,19-20,23-24H,1-2,4,6,8-14H2,(H,25,27);2*1H/t16-,17+,19+,20+;;/m1../s1. The Balaban J connectivity index is 0.00000120. The van der Waals surface area contributed by atoms with E-state index in [0.29, 0.717) is 12.0 Å². The van der Waals surface area contributed by atoms with Gasteiger partial charge in [-0.1, -0.05) is 18.6 Å². The first-order valence-corrected chi connectivity index (χ1v) is 10.9. The van der Waals surface area contributed by atoms with E-state index < -0.39 is 0 Å². The molecule has 162 valence electrons. The zero-order chi connectivity index (χ0) is 18.2. The number of benzene rings is 1. The summed E-state index contributed by atoms with van der Waals surface area (Å²) in [6, 6.07) is 7.34. The zero-order valence-electron chi connectivity index (χ0n) is 17.0.